The molecule has 1 aromatic rings. The van der Waals surface area contributed by atoms with Gasteiger partial charge in [-0.05, 0) is 68.2 Å². The van der Waals surface area contributed by atoms with E-state index in [1.165, 1.54) is 0 Å². The lowest BCUT2D eigenvalue weighted by atomic mass is 9.45. The molecule has 4 aliphatic rings. The smallest absolute Gasteiger partial charge is 0.343 e. The normalized spacial score (nSPS) is 31.5. The fourth-order valence-electron chi connectivity index (χ4n) is 8.36. The van der Waals surface area contributed by atoms with Gasteiger partial charge in [0, 0.05) is 50.2 Å². The summed E-state index contributed by atoms with van der Waals surface area (Å²) in [5, 5.41) is 25.4. The molecule has 0 radical (unpaired) electrons. The highest BCUT2D eigenvalue weighted by Crippen LogP contribution is 2.61. The maximum Gasteiger partial charge on any atom is 0.343 e. The highest BCUT2D eigenvalue weighted by molar-refractivity contribution is 6.19. The number of hydrogen-bond acceptors (Lipinski definition) is 10. The second-order valence-corrected chi connectivity index (χ2v) is 14.7. The van der Waals surface area contributed by atoms with E-state index in [4.69, 9.17) is 14.2 Å². The van der Waals surface area contributed by atoms with Crippen molar-refractivity contribution in [2.24, 2.45) is 22.7 Å². The van der Waals surface area contributed by atoms with Gasteiger partial charge in [-0.15, -0.1) is 0 Å². The zero-order valence-corrected chi connectivity index (χ0v) is 30.2. The third-order valence-corrected chi connectivity index (χ3v) is 11.4. The molecule has 5 rings (SSSR count). The fraction of sp³-hybridized carbons (Fsp3) is 0.564. The predicted molar refractivity (Wildman–Crippen MR) is 191 cm³/mol. The highest BCUT2D eigenvalue weighted by Gasteiger charge is 2.59. The third kappa shape index (κ3) is 7.19. The van der Waals surface area contributed by atoms with E-state index < -0.39 is 34.9 Å². The zero-order valence-electron chi connectivity index (χ0n) is 30.2. The molecule has 11 nitrogen and oxygen atoms in total. The van der Waals surface area contributed by atoms with Crippen LogP contribution in [0.4, 0.5) is 5.69 Å². The van der Waals surface area contributed by atoms with Gasteiger partial charge < -0.3 is 34.2 Å². The van der Waals surface area contributed by atoms with Crippen molar-refractivity contribution >= 4 is 29.1 Å². The molecule has 2 heterocycles. The number of nitrogens with one attached hydrogen (secondary N) is 1. The van der Waals surface area contributed by atoms with Crippen LogP contribution in [0.15, 0.2) is 66.0 Å². The molecule has 2 aliphatic heterocycles. The van der Waals surface area contributed by atoms with Crippen LogP contribution in [0.25, 0.3) is 5.57 Å². The Morgan fingerprint density at radius 3 is 2.50 bits per heavy atom. The minimum absolute atomic E-state index is 0.0120. The number of aliphatic hydroxyl groups excluding tert-OH is 2. The summed E-state index contributed by atoms with van der Waals surface area (Å²) >= 11 is 0. The van der Waals surface area contributed by atoms with Crippen LogP contribution < -0.4 is 10.2 Å². The number of carbonyl (C=O) groups excluding carboxylic acids is 3. The van der Waals surface area contributed by atoms with Crippen LogP contribution in [0, 0.1) is 22.7 Å². The number of cyclic esters (lactones) is 1. The van der Waals surface area contributed by atoms with Crippen molar-refractivity contribution in [3.8, 4) is 0 Å². The average molecular weight is 692 g/mol. The largest absolute Gasteiger partial charge is 0.462 e. The number of hydrogen-bond donors (Lipinski definition) is 3. The van der Waals surface area contributed by atoms with Gasteiger partial charge in [0.25, 0.3) is 0 Å². The van der Waals surface area contributed by atoms with E-state index in [1.807, 2.05) is 51.1 Å². The van der Waals surface area contributed by atoms with E-state index in [-0.39, 0.29) is 53.9 Å². The predicted octanol–water partition coefficient (Wildman–Crippen LogP) is 3.62. The van der Waals surface area contributed by atoms with Crippen LogP contribution in [0.1, 0.15) is 52.5 Å². The first-order valence-corrected chi connectivity index (χ1v) is 17.7. The van der Waals surface area contributed by atoms with Gasteiger partial charge in [-0.3, -0.25) is 10.1 Å². The van der Waals surface area contributed by atoms with Gasteiger partial charge in [0.15, 0.2) is 0 Å². The molecule has 2 aliphatic carbocycles. The van der Waals surface area contributed by atoms with Crippen LogP contribution in [-0.2, 0) is 28.6 Å². The van der Waals surface area contributed by atoms with Crippen molar-refractivity contribution in [1.82, 2.24) is 10.2 Å². The van der Waals surface area contributed by atoms with E-state index >= 15 is 0 Å². The Bertz CT molecular complexity index is 1560. The Kier molecular flexibility index (Phi) is 11.4. The number of rotatable bonds is 10. The number of nitrogens with zero attached hydrogens (tertiary/aromatic N) is 2. The number of carbonyl (C=O) groups is 3. The van der Waals surface area contributed by atoms with Gasteiger partial charge in [-0.1, -0.05) is 50.3 Å². The second-order valence-electron chi connectivity index (χ2n) is 14.7. The number of fused-ring (bicyclic) bond motifs is 1. The van der Waals surface area contributed by atoms with E-state index in [0.717, 1.165) is 11.3 Å². The molecule has 1 saturated heterocycles. The summed E-state index contributed by atoms with van der Waals surface area (Å²) in [5.41, 5.74) is 1.62. The summed E-state index contributed by atoms with van der Waals surface area (Å²) in [6.07, 6.45) is 6.33. The molecule has 0 bridgehead atoms. The molecule has 7 atom stereocenters. The molecule has 2 saturated carbocycles. The molecule has 3 fully saturated rings. The van der Waals surface area contributed by atoms with Gasteiger partial charge in [0.05, 0.1) is 44.1 Å². The van der Waals surface area contributed by atoms with E-state index in [2.05, 4.69) is 18.8 Å². The molecular weight excluding hydrogens is 638 g/mol. The summed E-state index contributed by atoms with van der Waals surface area (Å²) in [5.74, 6) is -1.49. The maximum atomic E-state index is 13.4. The van der Waals surface area contributed by atoms with Crippen LogP contribution in [0.5, 0.6) is 0 Å². The number of esters is 2. The SMILES string of the molecule is C=C1C(NC(C)C(=O)N2CCOCC2)CC2[C@](C)(CC[C@@H](O)[C@@]2(C)CO)C1/C=C/C1=CC(=C(/C(=O)OCC)c2ccc(N(C)C)cc2)/OC1=O. The number of aliphatic hydroxyl groups is 2. The molecule has 4 unspecified atom stereocenters. The molecule has 1 amide bonds. The number of ether oxygens (including phenoxy) is 3. The average Bonchev–Trinajstić information content (AvgIpc) is 3.46. The first-order chi connectivity index (χ1) is 23.7. The third-order valence-electron chi connectivity index (χ3n) is 11.4. The molecule has 3 N–H and O–H groups in total. The van der Waals surface area contributed by atoms with E-state index in [1.54, 1.807) is 36.1 Å². The molecule has 1 aromatic carbocycles. The summed E-state index contributed by atoms with van der Waals surface area (Å²) in [4.78, 5) is 43.6. The van der Waals surface area contributed by atoms with E-state index in [0.29, 0.717) is 51.1 Å². The molecular formula is C39H53N3O8. The molecule has 0 spiro atoms. The summed E-state index contributed by atoms with van der Waals surface area (Å²) < 4.78 is 16.5. The Morgan fingerprint density at radius 2 is 1.88 bits per heavy atom. The second kappa shape index (κ2) is 15.2. The standard InChI is InChI=1S/C39H53N3O8/c1-8-49-37(47)34(26-9-12-28(13-10-26)41(6)7)31-21-27(36(46)50-31)11-14-29-24(2)30(40-25(3)35(45)42-17-19-48-20-18-42)22-32-38(29,4)16-15-33(44)39(32,5)23-43/h9-14,21,25,29-30,32-33,40,43-44H,2,8,15-20,22-23H2,1,3-7H3/b14-11+,34-31-/t25?,29?,30?,32?,33-,38-,39+/m1/s1. The topological polar surface area (TPSA) is 138 Å². The van der Waals surface area contributed by atoms with Crippen molar-refractivity contribution in [3.63, 3.8) is 0 Å². The van der Waals surface area contributed by atoms with Crippen LogP contribution in [0.2, 0.25) is 0 Å². The first-order valence-electron chi connectivity index (χ1n) is 17.7. The van der Waals surface area contributed by atoms with Gasteiger partial charge in [0.2, 0.25) is 5.91 Å². The quantitative estimate of drug-likeness (QED) is 0.190. The Labute approximate surface area is 295 Å². The Balaban J connectivity index is 1.49. The lowest BCUT2D eigenvalue weighted by Gasteiger charge is -2.61. The fourth-order valence-corrected chi connectivity index (χ4v) is 8.36. The lowest BCUT2D eigenvalue weighted by Crippen LogP contribution is -2.62. The molecule has 272 valence electrons. The molecule has 0 aromatic heterocycles. The first kappa shape index (κ1) is 37.5. The zero-order chi connectivity index (χ0) is 36.4. The minimum atomic E-state index is -0.782. The van der Waals surface area contributed by atoms with Crippen LogP contribution >= 0.6 is 0 Å². The number of benzene rings is 1. The molecule has 50 heavy (non-hydrogen) atoms. The van der Waals surface area contributed by atoms with Crippen molar-refractivity contribution in [3.05, 3.63) is 71.5 Å². The number of amides is 1. The number of allylic oxidation sites excluding steroid dienone is 2. The van der Waals surface area contributed by atoms with Crippen molar-refractivity contribution in [2.45, 2.75) is 65.1 Å². The summed E-state index contributed by atoms with van der Waals surface area (Å²) in [6.45, 7) is 14.3. The number of anilines is 1. The molecule has 11 heteroatoms. The van der Waals surface area contributed by atoms with Gasteiger partial charge in [-0.25, -0.2) is 9.59 Å². The van der Waals surface area contributed by atoms with Crippen molar-refractivity contribution < 1.29 is 38.8 Å². The highest BCUT2D eigenvalue weighted by atomic mass is 16.6. The van der Waals surface area contributed by atoms with Gasteiger partial charge in [-0.2, -0.15) is 0 Å². The number of morpholine rings is 1. The van der Waals surface area contributed by atoms with Gasteiger partial charge >= 0.3 is 11.9 Å². The van der Waals surface area contributed by atoms with Crippen molar-refractivity contribution in [2.75, 3.05) is 58.5 Å². The van der Waals surface area contributed by atoms with Crippen LogP contribution in [-0.4, -0.2) is 105 Å². The van der Waals surface area contributed by atoms with E-state index in [9.17, 15) is 24.6 Å². The summed E-state index contributed by atoms with van der Waals surface area (Å²) in [6, 6.07) is 6.56. The van der Waals surface area contributed by atoms with Crippen molar-refractivity contribution in [1.29, 1.82) is 0 Å². The monoisotopic (exact) mass is 691 g/mol. The lowest BCUT2D eigenvalue weighted by molar-refractivity contribution is -0.150. The maximum absolute atomic E-state index is 13.4. The minimum Gasteiger partial charge on any atom is -0.462 e. The Hall–Kier alpha value is -3.77. The van der Waals surface area contributed by atoms with Gasteiger partial charge in [0.1, 0.15) is 11.3 Å². The summed E-state index contributed by atoms with van der Waals surface area (Å²) in [7, 11) is 3.85. The van der Waals surface area contributed by atoms with Crippen LogP contribution in [0.3, 0.4) is 0 Å². The Morgan fingerprint density at radius 1 is 1.20 bits per heavy atom.